The molecule has 7 heteroatoms. The third kappa shape index (κ3) is 5.86. The van der Waals surface area contributed by atoms with E-state index in [1.165, 1.54) is 19.3 Å². The topological polar surface area (TPSA) is 83.1 Å². The first-order chi connectivity index (χ1) is 14.7. The van der Waals surface area contributed by atoms with Gasteiger partial charge in [0.05, 0.1) is 6.54 Å². The maximum Gasteiger partial charge on any atom is 0.234 e. The number of nitrogens with zero attached hydrogens (tertiary/aromatic N) is 1. The molecule has 0 spiro atoms. The van der Waals surface area contributed by atoms with Crippen LogP contribution in [0.4, 0.5) is 0 Å². The van der Waals surface area contributed by atoms with Crippen molar-refractivity contribution >= 4 is 5.91 Å². The lowest BCUT2D eigenvalue weighted by atomic mass is 9.95. The normalized spacial score (nSPS) is 24.4. The number of aliphatic hydroxyl groups is 1. The lowest BCUT2D eigenvalue weighted by Crippen LogP contribution is -2.50. The van der Waals surface area contributed by atoms with Gasteiger partial charge in [-0.1, -0.05) is 31.4 Å². The van der Waals surface area contributed by atoms with Crippen LogP contribution < -0.4 is 20.1 Å². The Balaban J connectivity index is 1.13. The summed E-state index contributed by atoms with van der Waals surface area (Å²) < 4.78 is 11.6. The first-order valence-corrected chi connectivity index (χ1v) is 11.5. The van der Waals surface area contributed by atoms with Crippen LogP contribution in [0, 0.1) is 0 Å². The van der Waals surface area contributed by atoms with Gasteiger partial charge >= 0.3 is 0 Å². The Morgan fingerprint density at radius 3 is 2.57 bits per heavy atom. The van der Waals surface area contributed by atoms with Crippen LogP contribution in [0.5, 0.6) is 11.5 Å². The van der Waals surface area contributed by atoms with Crippen molar-refractivity contribution in [2.75, 3.05) is 32.8 Å². The Hall–Kier alpha value is -1.83. The van der Waals surface area contributed by atoms with E-state index in [1.807, 2.05) is 24.3 Å². The molecule has 1 saturated heterocycles. The number of piperidine rings is 1. The molecule has 3 N–H and O–H groups in total. The summed E-state index contributed by atoms with van der Waals surface area (Å²) in [6, 6.07) is 8.28. The molecule has 3 aliphatic rings. The molecule has 1 aromatic rings. The van der Waals surface area contributed by atoms with Crippen molar-refractivity contribution in [3.63, 3.8) is 0 Å². The Morgan fingerprint density at radius 1 is 1.07 bits per heavy atom. The summed E-state index contributed by atoms with van der Waals surface area (Å²) in [4.78, 5) is 14.5. The van der Waals surface area contributed by atoms with E-state index in [9.17, 15) is 9.90 Å². The number of para-hydroxylation sites is 2. The summed E-state index contributed by atoms with van der Waals surface area (Å²) in [6.45, 7) is 3.14. The predicted molar refractivity (Wildman–Crippen MR) is 115 cm³/mol. The van der Waals surface area contributed by atoms with E-state index in [-0.39, 0.29) is 12.0 Å². The molecular weight excluding hydrogens is 382 g/mol. The minimum atomic E-state index is -0.627. The fraction of sp³-hybridized carbons (Fsp3) is 0.696. The van der Waals surface area contributed by atoms with Crippen LogP contribution in [0.1, 0.15) is 44.9 Å². The molecule has 166 valence electrons. The molecule has 2 fully saturated rings. The van der Waals surface area contributed by atoms with Crippen molar-refractivity contribution in [1.82, 2.24) is 15.5 Å². The highest BCUT2D eigenvalue weighted by Gasteiger charge is 2.29. The Kier molecular flexibility index (Phi) is 7.47. The molecule has 7 nitrogen and oxygen atoms in total. The largest absolute Gasteiger partial charge is 0.486 e. The zero-order valence-electron chi connectivity index (χ0n) is 17.7. The minimum absolute atomic E-state index is 0.165. The number of fused-ring (bicyclic) bond motifs is 1. The first kappa shape index (κ1) is 21.4. The van der Waals surface area contributed by atoms with Gasteiger partial charge < -0.3 is 25.2 Å². The fourth-order valence-electron chi connectivity index (χ4n) is 4.66. The lowest BCUT2D eigenvalue weighted by Gasteiger charge is -2.34. The predicted octanol–water partition coefficient (Wildman–Crippen LogP) is 1.69. The number of hydrogen-bond acceptors (Lipinski definition) is 6. The Morgan fingerprint density at radius 2 is 1.80 bits per heavy atom. The number of likely N-dealkylation sites (tertiary alicyclic amines) is 1. The van der Waals surface area contributed by atoms with Crippen LogP contribution in [0.2, 0.25) is 0 Å². The molecule has 2 unspecified atom stereocenters. The molecule has 1 aliphatic carbocycles. The van der Waals surface area contributed by atoms with Crippen LogP contribution >= 0.6 is 0 Å². The van der Waals surface area contributed by atoms with Crippen LogP contribution in [-0.2, 0) is 4.79 Å². The maximum atomic E-state index is 12.3. The van der Waals surface area contributed by atoms with Gasteiger partial charge in [-0.2, -0.15) is 0 Å². The zero-order chi connectivity index (χ0) is 20.8. The van der Waals surface area contributed by atoms with E-state index in [0.717, 1.165) is 44.5 Å². The number of carbonyl (C=O) groups is 1. The molecule has 2 atom stereocenters. The standard InChI is InChI=1S/C23H35N3O4/c27-19(22-16-29-20-8-4-5-9-21(20)30-22)14-24-17-10-12-26(13-11-17)15-23(28)25-18-6-2-1-3-7-18/h4-5,8-9,17-19,22,24,27H,1-3,6-7,10-16H2,(H,25,28). The summed E-state index contributed by atoms with van der Waals surface area (Å²) in [7, 11) is 0. The summed E-state index contributed by atoms with van der Waals surface area (Å²) >= 11 is 0. The van der Waals surface area contributed by atoms with E-state index in [0.29, 0.717) is 37.5 Å². The summed E-state index contributed by atoms with van der Waals surface area (Å²) in [5.41, 5.74) is 0. The fourth-order valence-corrected chi connectivity index (χ4v) is 4.66. The average Bonchev–Trinajstić information content (AvgIpc) is 2.78. The van der Waals surface area contributed by atoms with Crippen LogP contribution in [0.25, 0.3) is 0 Å². The van der Waals surface area contributed by atoms with E-state index >= 15 is 0 Å². The number of rotatable bonds is 7. The van der Waals surface area contributed by atoms with Gasteiger partial charge in [0.25, 0.3) is 0 Å². The molecule has 2 aliphatic heterocycles. The van der Waals surface area contributed by atoms with Crippen LogP contribution in [-0.4, -0.2) is 73.0 Å². The van der Waals surface area contributed by atoms with Gasteiger partial charge in [0.1, 0.15) is 12.7 Å². The van der Waals surface area contributed by atoms with Gasteiger partial charge in [-0.15, -0.1) is 0 Å². The number of carbonyl (C=O) groups excluding carboxylic acids is 1. The molecule has 1 amide bonds. The molecule has 4 rings (SSSR count). The average molecular weight is 418 g/mol. The number of amides is 1. The molecule has 1 saturated carbocycles. The highest BCUT2D eigenvalue weighted by atomic mass is 16.6. The Bertz CT molecular complexity index is 687. The third-order valence-corrected chi connectivity index (χ3v) is 6.50. The molecule has 1 aromatic carbocycles. The van der Waals surface area contributed by atoms with Crippen molar-refractivity contribution < 1.29 is 19.4 Å². The van der Waals surface area contributed by atoms with Gasteiger partial charge in [0.15, 0.2) is 17.6 Å². The van der Waals surface area contributed by atoms with Gasteiger partial charge in [-0.05, 0) is 37.8 Å². The van der Waals surface area contributed by atoms with E-state index < -0.39 is 6.10 Å². The summed E-state index contributed by atoms with van der Waals surface area (Å²) in [5.74, 6) is 1.58. The van der Waals surface area contributed by atoms with Crippen molar-refractivity contribution in [3.8, 4) is 11.5 Å². The number of benzene rings is 1. The van der Waals surface area contributed by atoms with Crippen molar-refractivity contribution in [1.29, 1.82) is 0 Å². The van der Waals surface area contributed by atoms with E-state index in [4.69, 9.17) is 9.47 Å². The lowest BCUT2D eigenvalue weighted by molar-refractivity contribution is -0.123. The summed E-state index contributed by atoms with van der Waals surface area (Å²) in [5, 5.41) is 17.2. The third-order valence-electron chi connectivity index (χ3n) is 6.50. The number of aliphatic hydroxyl groups excluding tert-OH is 1. The van der Waals surface area contributed by atoms with Crippen LogP contribution in [0.3, 0.4) is 0 Å². The number of nitrogens with one attached hydrogen (secondary N) is 2. The number of ether oxygens (including phenoxy) is 2. The molecule has 0 radical (unpaired) electrons. The van der Waals surface area contributed by atoms with Crippen LogP contribution in [0.15, 0.2) is 24.3 Å². The highest BCUT2D eigenvalue weighted by molar-refractivity contribution is 5.78. The van der Waals surface area contributed by atoms with E-state index in [2.05, 4.69) is 15.5 Å². The molecule has 2 heterocycles. The van der Waals surface area contributed by atoms with Crippen molar-refractivity contribution in [2.24, 2.45) is 0 Å². The van der Waals surface area contributed by atoms with Gasteiger partial charge in [-0.3, -0.25) is 9.69 Å². The zero-order valence-corrected chi connectivity index (χ0v) is 17.7. The van der Waals surface area contributed by atoms with E-state index in [1.54, 1.807) is 0 Å². The quantitative estimate of drug-likeness (QED) is 0.626. The first-order valence-electron chi connectivity index (χ1n) is 11.5. The Labute approximate surface area is 179 Å². The second kappa shape index (κ2) is 10.5. The van der Waals surface area contributed by atoms with Crippen molar-refractivity contribution in [2.45, 2.75) is 69.2 Å². The van der Waals surface area contributed by atoms with Gasteiger partial charge in [-0.25, -0.2) is 0 Å². The summed E-state index contributed by atoms with van der Waals surface area (Å²) in [6.07, 6.45) is 6.99. The van der Waals surface area contributed by atoms with Gasteiger partial charge in [0, 0.05) is 31.7 Å². The molecule has 0 bridgehead atoms. The maximum absolute atomic E-state index is 12.3. The smallest absolute Gasteiger partial charge is 0.234 e. The second-order valence-corrected chi connectivity index (χ2v) is 8.84. The molecular formula is C23H35N3O4. The van der Waals surface area contributed by atoms with Gasteiger partial charge in [0.2, 0.25) is 5.91 Å². The second-order valence-electron chi connectivity index (χ2n) is 8.84. The monoisotopic (exact) mass is 417 g/mol. The number of hydrogen-bond donors (Lipinski definition) is 3. The van der Waals surface area contributed by atoms with Crippen molar-refractivity contribution in [3.05, 3.63) is 24.3 Å². The SMILES string of the molecule is O=C(CN1CCC(NCC(O)C2COc3ccccc3O2)CC1)NC1CCCCC1. The highest BCUT2D eigenvalue weighted by Crippen LogP contribution is 2.31. The molecule has 0 aromatic heterocycles. The molecule has 30 heavy (non-hydrogen) atoms. The minimum Gasteiger partial charge on any atom is -0.486 e.